The van der Waals surface area contributed by atoms with Crippen LogP contribution in [0, 0.1) is 119 Å². The first-order valence-electron chi connectivity index (χ1n) is 10.8. The number of terminal acetylenes is 2. The van der Waals surface area contributed by atoms with Gasteiger partial charge in [-0.25, -0.2) is 0 Å². The lowest BCUT2D eigenvalue weighted by atomic mass is 10.4. The fraction of sp³-hybridized carbons (Fsp3) is 0. The second-order valence-electron chi connectivity index (χ2n) is 5.64. The fourth-order valence-corrected chi connectivity index (χ4v) is 1.53. The lowest BCUT2D eigenvalue weighted by Crippen LogP contribution is -1.56. The second-order valence-corrected chi connectivity index (χ2v) is 5.64. The van der Waals surface area contributed by atoms with Crippen LogP contribution >= 0.6 is 0 Å². The van der Waals surface area contributed by atoms with Crippen LogP contribution in [0.4, 0.5) is 0 Å². The normalized spacial score (nSPS) is 9.53. The number of allylic oxidation sites excluding steroid dienone is 18. The fourth-order valence-electron chi connectivity index (χ4n) is 1.53. The van der Waals surface area contributed by atoms with Crippen molar-refractivity contribution < 1.29 is 0 Å². The number of rotatable bonds is 0. The first-order valence-corrected chi connectivity index (χ1v) is 10.8. The summed E-state index contributed by atoms with van der Waals surface area (Å²) in [4.78, 5) is 0. The van der Waals surface area contributed by atoms with E-state index in [4.69, 9.17) is 12.8 Å². The van der Waals surface area contributed by atoms with E-state index >= 15 is 0 Å². The second kappa shape index (κ2) is 30.3. The summed E-state index contributed by atoms with van der Waals surface area (Å²) in [6.45, 7) is 0. The highest BCUT2D eigenvalue weighted by molar-refractivity contribution is 5.38. The maximum absolute atomic E-state index is 5.05. The van der Waals surface area contributed by atoms with Gasteiger partial charge in [0.25, 0.3) is 0 Å². The van der Waals surface area contributed by atoms with Crippen LogP contribution in [0.5, 0.6) is 0 Å². The Balaban J connectivity index is 4.25. The molecule has 0 aromatic heterocycles. The third-order valence-corrected chi connectivity index (χ3v) is 2.94. The third kappa shape index (κ3) is 29.3. The number of hydrogen-bond donors (Lipinski definition) is 0. The molecule has 0 aliphatic rings. The van der Waals surface area contributed by atoms with Gasteiger partial charge in [-0.1, -0.05) is 107 Å². The van der Waals surface area contributed by atoms with E-state index < -0.39 is 0 Å². The van der Waals surface area contributed by atoms with Crippen LogP contribution in [-0.2, 0) is 0 Å². The first-order chi connectivity index (χ1) is 18.9. The maximum atomic E-state index is 5.05. The quantitative estimate of drug-likeness (QED) is 0.417. The van der Waals surface area contributed by atoms with Crippen LogP contribution in [-0.4, -0.2) is 0 Å². The molecule has 0 spiro atoms. The van der Waals surface area contributed by atoms with Crippen LogP contribution < -0.4 is 0 Å². The lowest BCUT2D eigenvalue weighted by molar-refractivity contribution is 2.03. The largest absolute Gasteiger partial charge is 0.115 e. The molecule has 0 aliphatic carbocycles. The van der Waals surface area contributed by atoms with Crippen LogP contribution in [0.2, 0.25) is 0 Å². The minimum Gasteiger partial charge on any atom is -0.115 e. The van der Waals surface area contributed by atoms with E-state index in [0.29, 0.717) is 0 Å². The van der Waals surface area contributed by atoms with Crippen molar-refractivity contribution in [2.75, 3.05) is 0 Å². The Bertz CT molecular complexity index is 1510. The van der Waals surface area contributed by atoms with Crippen LogP contribution in [0.15, 0.2) is 109 Å². The molecule has 0 bridgehead atoms. The predicted octanol–water partition coefficient (Wildman–Crippen LogP) is 5.29. The summed E-state index contributed by atoms with van der Waals surface area (Å²) in [5.41, 5.74) is 0. The maximum Gasteiger partial charge on any atom is -0.00316 e. The third-order valence-electron chi connectivity index (χ3n) is 2.94. The summed E-state index contributed by atoms with van der Waals surface area (Å²) in [6.07, 6.45) is 39.4. The van der Waals surface area contributed by atoms with E-state index in [1.54, 1.807) is 97.2 Å². The summed E-state index contributed by atoms with van der Waals surface area (Å²) in [7, 11) is 0. The highest BCUT2D eigenvalue weighted by atomic mass is 13.7. The summed E-state index contributed by atoms with van der Waals surface area (Å²) in [6, 6.07) is 0. The Morgan fingerprint density at radius 3 is 0.395 bits per heavy atom. The van der Waals surface area contributed by atoms with E-state index in [1.807, 2.05) is 0 Å². The molecule has 38 heavy (non-hydrogen) atoms. The van der Waals surface area contributed by atoms with Gasteiger partial charge in [0.05, 0.1) is 0 Å². The van der Waals surface area contributed by atoms with E-state index in [9.17, 15) is 0 Å². The van der Waals surface area contributed by atoms with Gasteiger partial charge in [-0.05, 0) is 109 Å². The molecule has 0 fully saturated rings. The molecule has 0 saturated heterocycles. The minimum absolute atomic E-state index is 1.53. The average molecular weight is 477 g/mol. The molecule has 0 saturated carbocycles. The molecule has 0 amide bonds. The van der Waals surface area contributed by atoms with Crippen LogP contribution in [0.3, 0.4) is 0 Å². The molecule has 0 nitrogen and oxygen atoms in total. The van der Waals surface area contributed by atoms with Crippen molar-refractivity contribution in [3.8, 4) is 119 Å². The van der Waals surface area contributed by atoms with Gasteiger partial charge in [0.2, 0.25) is 0 Å². The molecule has 0 aromatic rings. The molecular weight excluding hydrogens is 456 g/mol. The molecule has 0 N–H and O–H groups in total. The smallest absolute Gasteiger partial charge is 0.00316 e. The van der Waals surface area contributed by atoms with E-state index in [1.165, 1.54) is 12.2 Å². The zero-order chi connectivity index (χ0) is 27.5. The van der Waals surface area contributed by atoms with Crippen molar-refractivity contribution in [1.82, 2.24) is 0 Å². The standard InChI is InChI=1S/C38H20/c1-3-5-7-9-11-13-15-17-19-21-23-25-27-29-31-33-35-37-38-36-34-32-30-28-26-24-22-20-18-16-14-12-10-8-6-4-2/h1-2,5-8,13-16,21-24,29-32,37-38H/b7-5+,8-6+,15-13+,16-14+,23-21+,24-22+,31-29+,32-30+,38-37+. The Kier molecular flexibility index (Phi) is 24.9. The zero-order valence-corrected chi connectivity index (χ0v) is 20.5. The SMILES string of the molecule is C#C/C=C/C#C/C=C/C#C/C=C/C#C/C=C/C#C/C=C/C#C/C=C/C#C/C=C/C#C/C=C/C#C/C=C/C#C. The molecule has 0 unspecified atom stereocenters. The Morgan fingerprint density at radius 1 is 0.184 bits per heavy atom. The zero-order valence-electron chi connectivity index (χ0n) is 20.5. The molecule has 0 heterocycles. The topological polar surface area (TPSA) is 0 Å². The van der Waals surface area contributed by atoms with Gasteiger partial charge < -0.3 is 0 Å². The van der Waals surface area contributed by atoms with E-state index in [2.05, 4.69) is 107 Å². The van der Waals surface area contributed by atoms with Crippen molar-refractivity contribution in [2.45, 2.75) is 0 Å². The van der Waals surface area contributed by atoms with Gasteiger partial charge in [0.1, 0.15) is 0 Å². The summed E-state index contributed by atoms with van der Waals surface area (Å²) >= 11 is 0. The van der Waals surface area contributed by atoms with Crippen molar-refractivity contribution >= 4 is 0 Å². The first kappa shape index (κ1) is 31.3. The highest BCUT2D eigenvalue weighted by Gasteiger charge is 1.64. The molecule has 0 rings (SSSR count). The van der Waals surface area contributed by atoms with Gasteiger partial charge in [0.15, 0.2) is 0 Å². The van der Waals surface area contributed by atoms with Gasteiger partial charge in [0, 0.05) is 0 Å². The molecule has 0 aromatic carbocycles. The van der Waals surface area contributed by atoms with Crippen molar-refractivity contribution in [3.05, 3.63) is 109 Å². The van der Waals surface area contributed by atoms with E-state index in [-0.39, 0.29) is 0 Å². The summed E-state index contributed by atoms with van der Waals surface area (Å²) < 4.78 is 0. The van der Waals surface area contributed by atoms with E-state index in [0.717, 1.165) is 0 Å². The molecular formula is C38H20. The average Bonchev–Trinajstić information content (AvgIpc) is 2.93. The van der Waals surface area contributed by atoms with Crippen LogP contribution in [0.25, 0.3) is 0 Å². The summed E-state index contributed by atoms with van der Waals surface area (Å²) in [5, 5.41) is 0. The highest BCUT2D eigenvalue weighted by Crippen LogP contribution is 1.76. The molecule has 0 atom stereocenters. The summed E-state index contributed by atoms with van der Waals surface area (Å²) in [5.74, 6) is 49.6. The van der Waals surface area contributed by atoms with Crippen LogP contribution in [0.1, 0.15) is 0 Å². The van der Waals surface area contributed by atoms with Gasteiger partial charge in [-0.15, -0.1) is 12.8 Å². The van der Waals surface area contributed by atoms with Crippen molar-refractivity contribution in [3.63, 3.8) is 0 Å². The van der Waals surface area contributed by atoms with Gasteiger partial charge in [-0.3, -0.25) is 0 Å². The molecule has 0 aliphatic heterocycles. The van der Waals surface area contributed by atoms with Gasteiger partial charge >= 0.3 is 0 Å². The lowest BCUT2D eigenvalue weighted by Gasteiger charge is -1.67. The van der Waals surface area contributed by atoms with Gasteiger partial charge in [-0.2, -0.15) is 0 Å². The predicted molar refractivity (Wildman–Crippen MR) is 162 cm³/mol. The van der Waals surface area contributed by atoms with Crippen molar-refractivity contribution in [2.24, 2.45) is 0 Å². The Morgan fingerprint density at radius 2 is 0.289 bits per heavy atom. The molecule has 0 radical (unpaired) electrons. The molecule has 0 heteroatoms. The Labute approximate surface area is 228 Å². The number of hydrogen-bond acceptors (Lipinski definition) is 0. The molecule has 172 valence electrons. The Hall–Kier alpha value is -6.74. The monoisotopic (exact) mass is 476 g/mol. The van der Waals surface area contributed by atoms with Crippen molar-refractivity contribution in [1.29, 1.82) is 0 Å². The minimum atomic E-state index is 1.53.